The van der Waals surface area contributed by atoms with Gasteiger partial charge < -0.3 is 14.5 Å². The Labute approximate surface area is 194 Å². The van der Waals surface area contributed by atoms with Crippen LogP contribution in [0.2, 0.25) is 0 Å². The largest absolute Gasteiger partial charge is 0.548 e. The number of benzene rings is 3. The second kappa shape index (κ2) is 8.80. The van der Waals surface area contributed by atoms with Gasteiger partial charge in [0.15, 0.2) is 5.17 Å². The van der Waals surface area contributed by atoms with E-state index in [-0.39, 0.29) is 12.5 Å². The van der Waals surface area contributed by atoms with Crippen LogP contribution in [0.3, 0.4) is 0 Å². The number of para-hydroxylation sites is 3. The molecule has 0 aliphatic carbocycles. The van der Waals surface area contributed by atoms with E-state index in [9.17, 15) is 14.7 Å². The van der Waals surface area contributed by atoms with Crippen LogP contribution in [-0.2, 0) is 16.1 Å². The molecule has 4 aromatic rings. The third kappa shape index (κ3) is 4.18. The number of nitrogens with zero attached hydrogens (tertiary/aromatic N) is 3. The Kier molecular flexibility index (Phi) is 5.54. The monoisotopic (exact) mass is 452 g/mol. The first-order valence-corrected chi connectivity index (χ1v) is 11.1. The fourth-order valence-electron chi connectivity index (χ4n) is 3.77. The molecule has 7 heteroatoms. The Balaban J connectivity index is 1.60. The maximum atomic E-state index is 13.5. The number of anilines is 1. The van der Waals surface area contributed by atoms with Gasteiger partial charge in [0.2, 0.25) is 0 Å². The average molecular weight is 453 g/mol. The average Bonchev–Trinajstić information content (AvgIpc) is 3.32. The first-order valence-electron chi connectivity index (χ1n) is 10.3. The van der Waals surface area contributed by atoms with E-state index in [2.05, 4.69) is 0 Å². The van der Waals surface area contributed by atoms with Crippen molar-refractivity contribution in [3.05, 3.63) is 102 Å². The van der Waals surface area contributed by atoms with Crippen LogP contribution in [0.15, 0.2) is 101 Å². The van der Waals surface area contributed by atoms with Crippen molar-refractivity contribution < 1.29 is 14.7 Å². The van der Waals surface area contributed by atoms with Crippen LogP contribution in [0.4, 0.5) is 11.4 Å². The number of hydrogen-bond acceptors (Lipinski definition) is 5. The molecule has 1 aliphatic rings. The van der Waals surface area contributed by atoms with Gasteiger partial charge >= 0.3 is 0 Å². The molecule has 0 N–H and O–H groups in total. The van der Waals surface area contributed by atoms with Gasteiger partial charge in [-0.2, -0.15) is 0 Å². The molecular weight excluding hydrogens is 434 g/mol. The van der Waals surface area contributed by atoms with Gasteiger partial charge in [-0.25, -0.2) is 4.99 Å². The predicted molar refractivity (Wildman–Crippen MR) is 130 cm³/mol. The highest BCUT2D eigenvalue weighted by Crippen LogP contribution is 2.38. The second-order valence-electron chi connectivity index (χ2n) is 7.42. The van der Waals surface area contributed by atoms with Crippen LogP contribution in [0.5, 0.6) is 0 Å². The molecule has 3 aromatic carbocycles. The molecule has 0 atom stereocenters. The van der Waals surface area contributed by atoms with Gasteiger partial charge in [0.05, 0.1) is 28.8 Å². The van der Waals surface area contributed by atoms with E-state index in [1.54, 1.807) is 21.7 Å². The molecule has 0 spiro atoms. The Morgan fingerprint density at radius 1 is 0.939 bits per heavy atom. The number of amidine groups is 1. The number of carboxylic acid groups (broad SMARTS) is 1. The summed E-state index contributed by atoms with van der Waals surface area (Å²) in [6.45, 7) is -0.262. The topological polar surface area (TPSA) is 77.7 Å². The zero-order valence-electron chi connectivity index (χ0n) is 17.4. The number of rotatable bonds is 5. The van der Waals surface area contributed by atoms with Crippen LogP contribution in [0, 0.1) is 0 Å². The number of aliphatic carboxylic acids is 1. The van der Waals surface area contributed by atoms with Crippen LogP contribution < -0.4 is 10.0 Å². The van der Waals surface area contributed by atoms with Crippen LogP contribution in [-0.4, -0.2) is 21.6 Å². The summed E-state index contributed by atoms with van der Waals surface area (Å²) in [7, 11) is 0. The van der Waals surface area contributed by atoms with Crippen LogP contribution in [0.1, 0.15) is 5.56 Å². The Morgan fingerprint density at radius 3 is 2.33 bits per heavy atom. The molecule has 1 amide bonds. The number of carbonyl (C=O) groups excluding carboxylic acids is 2. The number of aliphatic imine (C=N–C) groups is 1. The summed E-state index contributed by atoms with van der Waals surface area (Å²) in [5.74, 6) is -1.36. The van der Waals surface area contributed by atoms with E-state index in [1.165, 1.54) is 11.8 Å². The highest BCUT2D eigenvalue weighted by atomic mass is 32.2. The summed E-state index contributed by atoms with van der Waals surface area (Å²) in [4.78, 5) is 31.5. The fraction of sp³-hybridized carbons (Fsp3) is 0.0385. The Hall–Kier alpha value is -4.10. The summed E-state index contributed by atoms with van der Waals surface area (Å²) in [6.07, 6.45) is 3.53. The minimum Gasteiger partial charge on any atom is -0.548 e. The van der Waals surface area contributed by atoms with Gasteiger partial charge in [0.1, 0.15) is 0 Å². The first-order chi connectivity index (χ1) is 16.1. The molecule has 1 aromatic heterocycles. The van der Waals surface area contributed by atoms with Crippen molar-refractivity contribution >= 4 is 57.2 Å². The molecule has 0 radical (unpaired) electrons. The van der Waals surface area contributed by atoms with E-state index >= 15 is 0 Å². The minimum atomic E-state index is -1.17. The molecular formula is C26H18N3O3S-. The van der Waals surface area contributed by atoms with E-state index in [0.717, 1.165) is 27.8 Å². The van der Waals surface area contributed by atoms with Gasteiger partial charge in [-0.05, 0) is 48.2 Å². The summed E-state index contributed by atoms with van der Waals surface area (Å²) >= 11 is 1.29. The molecule has 2 heterocycles. The molecule has 162 valence electrons. The normalized spacial score (nSPS) is 16.2. The third-order valence-electron chi connectivity index (χ3n) is 5.21. The van der Waals surface area contributed by atoms with Crippen molar-refractivity contribution in [2.24, 2.45) is 4.99 Å². The van der Waals surface area contributed by atoms with Gasteiger partial charge in [0, 0.05) is 22.7 Å². The highest BCUT2D eigenvalue weighted by Gasteiger charge is 2.34. The lowest BCUT2D eigenvalue weighted by Crippen LogP contribution is -2.28. The number of aromatic nitrogens is 1. The Morgan fingerprint density at radius 2 is 1.61 bits per heavy atom. The molecule has 0 unspecified atom stereocenters. The van der Waals surface area contributed by atoms with Crippen molar-refractivity contribution in [1.82, 2.24) is 4.57 Å². The number of hydrogen-bond donors (Lipinski definition) is 0. The lowest BCUT2D eigenvalue weighted by atomic mass is 10.1. The molecule has 1 saturated heterocycles. The summed E-state index contributed by atoms with van der Waals surface area (Å²) < 4.78 is 1.62. The highest BCUT2D eigenvalue weighted by molar-refractivity contribution is 8.19. The van der Waals surface area contributed by atoms with E-state index in [4.69, 9.17) is 4.99 Å². The van der Waals surface area contributed by atoms with Gasteiger partial charge in [-0.1, -0.05) is 54.6 Å². The maximum Gasteiger partial charge on any atom is 0.271 e. The van der Waals surface area contributed by atoms with Crippen molar-refractivity contribution in [1.29, 1.82) is 0 Å². The predicted octanol–water partition coefficient (Wildman–Crippen LogP) is 4.20. The number of carbonyl (C=O) groups is 2. The molecule has 1 fully saturated rings. The standard InChI is InChI=1S/C26H19N3O3S/c30-24(31)17-28-16-18(21-13-7-8-14-22(21)28)15-23-25(32)29(20-11-5-2-6-12-20)26(33-23)27-19-9-3-1-4-10-19/h1-16H,17H2,(H,30,31)/p-1. The number of carboxylic acids is 1. The van der Waals surface area contributed by atoms with E-state index < -0.39 is 5.97 Å². The zero-order chi connectivity index (χ0) is 22.8. The van der Waals surface area contributed by atoms with Gasteiger partial charge in [-0.3, -0.25) is 9.69 Å². The molecule has 0 saturated carbocycles. The number of amides is 1. The Bertz CT molecular complexity index is 1410. The SMILES string of the molecule is O=C([O-])Cn1cc(C=C2SC(=Nc3ccccc3)N(c3ccccc3)C2=O)c2ccccc21. The van der Waals surface area contributed by atoms with Crippen LogP contribution >= 0.6 is 11.8 Å². The van der Waals surface area contributed by atoms with E-state index in [1.807, 2.05) is 84.9 Å². The smallest absolute Gasteiger partial charge is 0.271 e. The molecule has 33 heavy (non-hydrogen) atoms. The number of fused-ring (bicyclic) bond motifs is 1. The van der Waals surface area contributed by atoms with Crippen molar-refractivity contribution in [2.75, 3.05) is 4.90 Å². The molecule has 1 aliphatic heterocycles. The summed E-state index contributed by atoms with van der Waals surface area (Å²) in [5, 5.41) is 12.6. The lowest BCUT2D eigenvalue weighted by molar-refractivity contribution is -0.306. The molecule has 0 bridgehead atoms. The van der Waals surface area contributed by atoms with Crippen molar-refractivity contribution in [2.45, 2.75) is 6.54 Å². The third-order valence-corrected chi connectivity index (χ3v) is 6.18. The summed E-state index contributed by atoms with van der Waals surface area (Å²) in [5.41, 5.74) is 3.01. The van der Waals surface area contributed by atoms with Gasteiger partial charge in [-0.15, -0.1) is 0 Å². The second-order valence-corrected chi connectivity index (χ2v) is 8.43. The zero-order valence-corrected chi connectivity index (χ0v) is 18.2. The first kappa shape index (κ1) is 20.8. The van der Waals surface area contributed by atoms with Crippen LogP contribution in [0.25, 0.3) is 17.0 Å². The molecule has 6 nitrogen and oxygen atoms in total. The number of thioether (sulfide) groups is 1. The summed E-state index contributed by atoms with van der Waals surface area (Å²) in [6, 6.07) is 26.4. The lowest BCUT2D eigenvalue weighted by Gasteiger charge is -2.15. The molecule has 5 rings (SSSR count). The fourth-order valence-corrected chi connectivity index (χ4v) is 4.76. The quantitative estimate of drug-likeness (QED) is 0.425. The maximum absolute atomic E-state index is 13.5. The minimum absolute atomic E-state index is 0.183. The van der Waals surface area contributed by atoms with Crippen molar-refractivity contribution in [3.8, 4) is 0 Å². The van der Waals surface area contributed by atoms with Crippen molar-refractivity contribution in [3.63, 3.8) is 0 Å². The van der Waals surface area contributed by atoms with E-state index in [0.29, 0.717) is 10.1 Å². The van der Waals surface area contributed by atoms with Gasteiger partial charge in [0.25, 0.3) is 5.91 Å².